The predicted octanol–water partition coefficient (Wildman–Crippen LogP) is 2.79. The largest absolute Gasteiger partial charge is 0.328 e. The molecule has 0 aliphatic rings. The lowest BCUT2D eigenvalue weighted by atomic mass is 10.2. The lowest BCUT2D eigenvalue weighted by molar-refractivity contribution is -0.116. The first-order chi connectivity index (χ1) is 12.0. The van der Waals surface area contributed by atoms with Crippen molar-refractivity contribution in [3.05, 3.63) is 73.3 Å². The lowest BCUT2D eigenvalue weighted by Gasteiger charge is -2.11. The molecular formula is C18H16BrN3O3. The zero-order valence-electron chi connectivity index (χ0n) is 13.5. The highest BCUT2D eigenvalue weighted by Gasteiger charge is 2.10. The summed E-state index contributed by atoms with van der Waals surface area (Å²) in [6.45, 7) is 2.13. The number of carbonyl (C=O) groups excluding carboxylic acids is 1. The van der Waals surface area contributed by atoms with Crippen molar-refractivity contribution in [3.63, 3.8) is 0 Å². The second-order valence-electron chi connectivity index (χ2n) is 5.71. The number of nitrogens with zero attached hydrogens (tertiary/aromatic N) is 1. The zero-order chi connectivity index (χ0) is 18.0. The van der Waals surface area contributed by atoms with Crippen molar-refractivity contribution in [2.24, 2.45) is 0 Å². The van der Waals surface area contributed by atoms with Crippen LogP contribution in [0.5, 0.6) is 0 Å². The second kappa shape index (κ2) is 7.06. The van der Waals surface area contributed by atoms with Gasteiger partial charge in [-0.2, -0.15) is 0 Å². The topological polar surface area (TPSA) is 84.0 Å². The molecule has 0 bridgehead atoms. The number of H-pyrrole nitrogens is 1. The molecule has 0 spiro atoms. The van der Waals surface area contributed by atoms with Crippen LogP contribution in [0.25, 0.3) is 10.9 Å². The van der Waals surface area contributed by atoms with Crippen LogP contribution in [0.15, 0.2) is 56.5 Å². The molecule has 1 amide bonds. The number of fused-ring (bicyclic) bond motifs is 1. The van der Waals surface area contributed by atoms with E-state index in [0.717, 1.165) is 10.0 Å². The van der Waals surface area contributed by atoms with Crippen LogP contribution in [-0.4, -0.2) is 15.5 Å². The molecule has 2 N–H and O–H groups in total. The predicted molar refractivity (Wildman–Crippen MR) is 101 cm³/mol. The molecule has 0 saturated heterocycles. The van der Waals surface area contributed by atoms with Gasteiger partial charge in [0.1, 0.15) is 0 Å². The Morgan fingerprint density at radius 1 is 1.20 bits per heavy atom. The summed E-state index contributed by atoms with van der Waals surface area (Å²) < 4.78 is 2.20. The van der Waals surface area contributed by atoms with Gasteiger partial charge >= 0.3 is 5.69 Å². The Balaban J connectivity index is 1.80. The van der Waals surface area contributed by atoms with Gasteiger partial charge in [0.05, 0.1) is 16.6 Å². The Hall–Kier alpha value is -2.67. The maximum absolute atomic E-state index is 12.2. The number of aromatic amines is 1. The molecule has 0 saturated carbocycles. The number of carbonyl (C=O) groups is 1. The molecule has 0 radical (unpaired) electrons. The van der Waals surface area contributed by atoms with Crippen molar-refractivity contribution >= 4 is 38.4 Å². The fourth-order valence-corrected chi connectivity index (χ4v) is 3.20. The summed E-state index contributed by atoms with van der Waals surface area (Å²) in [5.41, 5.74) is 1.32. The van der Waals surface area contributed by atoms with Crippen LogP contribution in [0.3, 0.4) is 0 Å². The van der Waals surface area contributed by atoms with Gasteiger partial charge in [0.25, 0.3) is 5.56 Å². The number of hydrogen-bond acceptors (Lipinski definition) is 3. The number of nitrogens with one attached hydrogen (secondary N) is 2. The summed E-state index contributed by atoms with van der Waals surface area (Å²) >= 11 is 3.41. The van der Waals surface area contributed by atoms with Gasteiger partial charge in [-0.05, 0) is 52.7 Å². The van der Waals surface area contributed by atoms with Crippen LogP contribution in [0.2, 0.25) is 0 Å². The average molecular weight is 402 g/mol. The molecule has 0 atom stereocenters. The molecule has 3 rings (SSSR count). The number of aryl methyl sites for hydroxylation is 2. The van der Waals surface area contributed by atoms with Crippen LogP contribution in [-0.2, 0) is 11.3 Å². The molecule has 1 heterocycles. The van der Waals surface area contributed by atoms with Gasteiger partial charge < -0.3 is 5.32 Å². The van der Waals surface area contributed by atoms with E-state index in [9.17, 15) is 14.4 Å². The second-order valence-corrected chi connectivity index (χ2v) is 6.56. The minimum Gasteiger partial charge on any atom is -0.325 e. The maximum atomic E-state index is 12.2. The van der Waals surface area contributed by atoms with E-state index in [-0.39, 0.29) is 18.9 Å². The van der Waals surface area contributed by atoms with E-state index in [1.54, 1.807) is 24.3 Å². The average Bonchev–Trinajstić information content (AvgIpc) is 2.57. The number of halogens is 1. The number of benzene rings is 2. The highest BCUT2D eigenvalue weighted by molar-refractivity contribution is 9.10. The summed E-state index contributed by atoms with van der Waals surface area (Å²) in [6, 6.07) is 12.5. The number of aromatic nitrogens is 2. The highest BCUT2D eigenvalue weighted by atomic mass is 79.9. The smallest absolute Gasteiger partial charge is 0.325 e. The van der Waals surface area contributed by atoms with E-state index >= 15 is 0 Å². The van der Waals surface area contributed by atoms with Gasteiger partial charge in [-0.3, -0.25) is 19.1 Å². The van der Waals surface area contributed by atoms with Crippen LogP contribution >= 0.6 is 15.9 Å². The molecule has 3 aromatic rings. The number of hydrogen-bond donors (Lipinski definition) is 2. The Bertz CT molecular complexity index is 1070. The Kier molecular flexibility index (Phi) is 4.85. The molecule has 25 heavy (non-hydrogen) atoms. The minimum atomic E-state index is -0.520. The van der Waals surface area contributed by atoms with Crippen molar-refractivity contribution in [2.75, 3.05) is 5.32 Å². The molecule has 2 aromatic carbocycles. The summed E-state index contributed by atoms with van der Waals surface area (Å²) in [6.07, 6.45) is 0.107. The molecule has 6 nitrogen and oxygen atoms in total. The fraction of sp³-hybridized carbons (Fsp3) is 0.167. The number of amides is 1. The van der Waals surface area contributed by atoms with Gasteiger partial charge in [0.2, 0.25) is 5.91 Å². The third-order valence-electron chi connectivity index (χ3n) is 3.87. The van der Waals surface area contributed by atoms with E-state index in [4.69, 9.17) is 0 Å². The minimum absolute atomic E-state index is 0.107. The Morgan fingerprint density at radius 3 is 2.72 bits per heavy atom. The first-order valence-corrected chi connectivity index (χ1v) is 8.53. The molecule has 0 aliphatic heterocycles. The molecule has 1 aromatic heterocycles. The number of para-hydroxylation sites is 1. The van der Waals surface area contributed by atoms with Crippen LogP contribution < -0.4 is 16.6 Å². The van der Waals surface area contributed by atoms with E-state index in [0.29, 0.717) is 16.6 Å². The summed E-state index contributed by atoms with van der Waals surface area (Å²) in [7, 11) is 0. The van der Waals surface area contributed by atoms with Gasteiger partial charge in [-0.15, -0.1) is 0 Å². The van der Waals surface area contributed by atoms with Crippen molar-refractivity contribution in [3.8, 4) is 0 Å². The fourth-order valence-electron chi connectivity index (χ4n) is 2.61. The normalized spacial score (nSPS) is 10.8. The zero-order valence-corrected chi connectivity index (χ0v) is 15.1. The van der Waals surface area contributed by atoms with Crippen molar-refractivity contribution in [1.29, 1.82) is 0 Å². The molecule has 128 valence electrons. The summed E-state index contributed by atoms with van der Waals surface area (Å²) in [5.74, 6) is -0.216. The van der Waals surface area contributed by atoms with Crippen LogP contribution in [0.1, 0.15) is 12.0 Å². The highest BCUT2D eigenvalue weighted by Crippen LogP contribution is 2.23. The number of anilines is 1. The molecular weight excluding hydrogens is 386 g/mol. The standard InChI is InChI=1S/C18H16BrN3O3/c1-11-6-7-14(13(19)10-11)20-16(23)8-9-22-15-5-3-2-4-12(15)17(24)21-18(22)25/h2-7,10H,8-9H2,1H3,(H,20,23)(H,21,24,25). The molecule has 0 aliphatic carbocycles. The maximum Gasteiger partial charge on any atom is 0.328 e. The molecule has 7 heteroatoms. The summed E-state index contributed by atoms with van der Waals surface area (Å²) in [5, 5.41) is 3.23. The van der Waals surface area contributed by atoms with Gasteiger partial charge in [-0.1, -0.05) is 18.2 Å². The number of rotatable bonds is 4. The van der Waals surface area contributed by atoms with E-state index in [1.165, 1.54) is 4.57 Å². The monoisotopic (exact) mass is 401 g/mol. The summed E-state index contributed by atoms with van der Waals surface area (Å²) in [4.78, 5) is 38.4. The SMILES string of the molecule is Cc1ccc(NC(=O)CCn2c(=O)[nH]c(=O)c3ccccc32)c(Br)c1. The Labute approximate surface area is 151 Å². The van der Waals surface area contributed by atoms with Gasteiger partial charge in [0, 0.05) is 17.4 Å². The first-order valence-electron chi connectivity index (χ1n) is 7.73. The van der Waals surface area contributed by atoms with E-state index in [2.05, 4.69) is 26.2 Å². The molecule has 0 unspecified atom stereocenters. The lowest BCUT2D eigenvalue weighted by Crippen LogP contribution is -2.31. The van der Waals surface area contributed by atoms with Crippen LogP contribution in [0.4, 0.5) is 5.69 Å². The molecule has 0 fully saturated rings. The quantitative estimate of drug-likeness (QED) is 0.704. The van der Waals surface area contributed by atoms with Crippen molar-refractivity contribution in [2.45, 2.75) is 19.9 Å². The Morgan fingerprint density at radius 2 is 1.96 bits per heavy atom. The van der Waals surface area contributed by atoms with E-state index < -0.39 is 11.2 Å². The van der Waals surface area contributed by atoms with Crippen molar-refractivity contribution < 1.29 is 4.79 Å². The van der Waals surface area contributed by atoms with Crippen LogP contribution in [0, 0.1) is 6.92 Å². The first kappa shape index (κ1) is 17.2. The van der Waals surface area contributed by atoms with Crippen molar-refractivity contribution in [1.82, 2.24) is 9.55 Å². The van der Waals surface area contributed by atoms with Gasteiger partial charge in [-0.25, -0.2) is 4.79 Å². The van der Waals surface area contributed by atoms with Gasteiger partial charge in [0.15, 0.2) is 0 Å². The third-order valence-corrected chi connectivity index (χ3v) is 4.52. The van der Waals surface area contributed by atoms with E-state index in [1.807, 2.05) is 25.1 Å². The third kappa shape index (κ3) is 3.71.